The highest BCUT2D eigenvalue weighted by atomic mass is 79.9. The van der Waals surface area contributed by atoms with Crippen LogP contribution in [0.3, 0.4) is 0 Å². The summed E-state index contributed by atoms with van der Waals surface area (Å²) >= 11 is 3.41. The van der Waals surface area contributed by atoms with E-state index in [9.17, 15) is 9.50 Å². The van der Waals surface area contributed by atoms with Crippen LogP contribution < -0.4 is 4.90 Å². The van der Waals surface area contributed by atoms with Crippen molar-refractivity contribution in [1.82, 2.24) is 4.90 Å². The number of rotatable bonds is 4. The molecule has 0 aliphatic carbocycles. The molecule has 23 heavy (non-hydrogen) atoms. The van der Waals surface area contributed by atoms with E-state index in [1.54, 1.807) is 0 Å². The molecule has 3 nitrogen and oxygen atoms in total. The van der Waals surface area contributed by atoms with Gasteiger partial charge in [-0.2, -0.15) is 0 Å². The minimum absolute atomic E-state index is 0.204. The maximum atomic E-state index is 13.0. The van der Waals surface area contributed by atoms with Crippen LogP contribution in [-0.2, 0) is 0 Å². The molecule has 122 valence electrons. The van der Waals surface area contributed by atoms with Crippen molar-refractivity contribution in [3.8, 4) is 0 Å². The summed E-state index contributed by atoms with van der Waals surface area (Å²) in [6.45, 7) is 4.20. The molecule has 2 aromatic carbocycles. The fraction of sp³-hybridized carbons (Fsp3) is 0.333. The molecule has 0 amide bonds. The van der Waals surface area contributed by atoms with Gasteiger partial charge in [0.25, 0.3) is 0 Å². The average Bonchev–Trinajstić information content (AvgIpc) is 2.57. The Balaban J connectivity index is 1.52. The molecule has 0 radical (unpaired) electrons. The van der Waals surface area contributed by atoms with Gasteiger partial charge in [-0.15, -0.1) is 0 Å². The van der Waals surface area contributed by atoms with Crippen LogP contribution in [0, 0.1) is 5.82 Å². The number of hydrogen-bond donors (Lipinski definition) is 1. The largest absolute Gasteiger partial charge is 0.387 e. The fourth-order valence-electron chi connectivity index (χ4n) is 2.88. The number of aliphatic hydroxyl groups is 1. The lowest BCUT2D eigenvalue weighted by Gasteiger charge is -2.37. The predicted molar refractivity (Wildman–Crippen MR) is 94.2 cm³/mol. The molecule has 2 aromatic rings. The van der Waals surface area contributed by atoms with Crippen molar-refractivity contribution in [2.24, 2.45) is 0 Å². The summed E-state index contributed by atoms with van der Waals surface area (Å²) in [4.78, 5) is 4.52. The van der Waals surface area contributed by atoms with E-state index < -0.39 is 6.10 Å². The number of anilines is 1. The predicted octanol–water partition coefficient (Wildman–Crippen LogP) is 3.44. The Morgan fingerprint density at radius 2 is 1.57 bits per heavy atom. The first kappa shape index (κ1) is 16.4. The third kappa shape index (κ3) is 4.31. The van der Waals surface area contributed by atoms with Crippen molar-refractivity contribution in [1.29, 1.82) is 0 Å². The second-order valence-corrected chi connectivity index (χ2v) is 6.75. The van der Waals surface area contributed by atoms with E-state index in [-0.39, 0.29) is 5.82 Å². The van der Waals surface area contributed by atoms with Crippen molar-refractivity contribution in [2.45, 2.75) is 6.10 Å². The number of halogens is 2. The molecule has 1 N–H and O–H groups in total. The summed E-state index contributed by atoms with van der Waals surface area (Å²) in [5.41, 5.74) is 1.99. The smallest absolute Gasteiger partial charge is 0.123 e. The zero-order chi connectivity index (χ0) is 16.2. The maximum absolute atomic E-state index is 13.0. The molecule has 0 aromatic heterocycles. The molecule has 1 aliphatic heterocycles. The zero-order valence-electron chi connectivity index (χ0n) is 12.8. The van der Waals surface area contributed by atoms with Crippen molar-refractivity contribution in [3.05, 3.63) is 64.4 Å². The molecule has 1 atom stereocenters. The first-order chi connectivity index (χ1) is 11.1. The Hall–Kier alpha value is -1.43. The molecule has 0 spiro atoms. The highest BCUT2D eigenvalue weighted by Gasteiger charge is 2.20. The topological polar surface area (TPSA) is 26.7 Å². The SMILES string of the molecule is OC(CN1CCN(c2ccc(F)cc2)CC1)c1ccc(Br)cc1. The quantitative estimate of drug-likeness (QED) is 0.882. The van der Waals surface area contributed by atoms with Gasteiger partial charge in [0, 0.05) is 42.9 Å². The average molecular weight is 379 g/mol. The molecule has 0 saturated carbocycles. The van der Waals surface area contributed by atoms with Crippen molar-refractivity contribution >= 4 is 21.6 Å². The number of aliphatic hydroxyl groups excluding tert-OH is 1. The van der Waals surface area contributed by atoms with E-state index in [2.05, 4.69) is 25.7 Å². The third-order valence-electron chi connectivity index (χ3n) is 4.25. The van der Waals surface area contributed by atoms with Crippen LogP contribution in [0.15, 0.2) is 53.0 Å². The van der Waals surface area contributed by atoms with Crippen LogP contribution >= 0.6 is 15.9 Å². The summed E-state index contributed by atoms with van der Waals surface area (Å²) in [7, 11) is 0. The molecule has 5 heteroatoms. The minimum Gasteiger partial charge on any atom is -0.387 e. The maximum Gasteiger partial charge on any atom is 0.123 e. The summed E-state index contributed by atoms with van der Waals surface area (Å²) < 4.78 is 14.0. The summed E-state index contributed by atoms with van der Waals surface area (Å²) in [6, 6.07) is 14.4. The second kappa shape index (κ2) is 7.43. The molecule has 1 saturated heterocycles. The van der Waals surface area contributed by atoms with Gasteiger partial charge in [-0.05, 0) is 42.0 Å². The standard InChI is InChI=1S/C18H20BrFN2O/c19-15-3-1-14(2-4-15)18(23)13-21-9-11-22(12-10-21)17-7-5-16(20)6-8-17/h1-8,18,23H,9-13H2. The first-order valence-corrected chi connectivity index (χ1v) is 8.57. The molecular formula is C18H20BrFN2O. The minimum atomic E-state index is -0.472. The molecular weight excluding hydrogens is 359 g/mol. The molecule has 1 heterocycles. The molecule has 3 rings (SSSR count). The Bertz CT molecular complexity index is 624. The van der Waals surface area contributed by atoms with E-state index in [0.29, 0.717) is 6.54 Å². The van der Waals surface area contributed by atoms with Crippen LogP contribution in [0.25, 0.3) is 0 Å². The van der Waals surface area contributed by atoms with E-state index in [0.717, 1.165) is 41.9 Å². The van der Waals surface area contributed by atoms with Gasteiger partial charge in [0.2, 0.25) is 0 Å². The van der Waals surface area contributed by atoms with Gasteiger partial charge in [-0.1, -0.05) is 28.1 Å². The van der Waals surface area contributed by atoms with Crippen LogP contribution in [-0.4, -0.2) is 42.7 Å². The van der Waals surface area contributed by atoms with Crippen LogP contribution in [0.4, 0.5) is 10.1 Å². The van der Waals surface area contributed by atoms with E-state index >= 15 is 0 Å². The highest BCUT2D eigenvalue weighted by molar-refractivity contribution is 9.10. The summed E-state index contributed by atoms with van der Waals surface area (Å²) in [5, 5.41) is 10.4. The van der Waals surface area contributed by atoms with E-state index in [1.165, 1.54) is 12.1 Å². The van der Waals surface area contributed by atoms with Gasteiger partial charge in [0.05, 0.1) is 6.10 Å². The Kier molecular flexibility index (Phi) is 5.30. The van der Waals surface area contributed by atoms with Crippen molar-refractivity contribution < 1.29 is 9.50 Å². The Morgan fingerprint density at radius 1 is 0.957 bits per heavy atom. The van der Waals surface area contributed by atoms with Gasteiger partial charge in [0.1, 0.15) is 5.82 Å². The third-order valence-corrected chi connectivity index (χ3v) is 4.78. The number of nitrogens with zero attached hydrogens (tertiary/aromatic N) is 2. The van der Waals surface area contributed by atoms with Crippen LogP contribution in [0.5, 0.6) is 0 Å². The monoisotopic (exact) mass is 378 g/mol. The Labute approximate surface area is 144 Å². The molecule has 1 aliphatic rings. The van der Waals surface area contributed by atoms with Gasteiger partial charge in [-0.25, -0.2) is 4.39 Å². The summed E-state index contributed by atoms with van der Waals surface area (Å²) in [5.74, 6) is -0.204. The van der Waals surface area contributed by atoms with Crippen LogP contribution in [0.2, 0.25) is 0 Å². The molecule has 1 fully saturated rings. The van der Waals surface area contributed by atoms with Gasteiger partial charge >= 0.3 is 0 Å². The lowest BCUT2D eigenvalue weighted by Crippen LogP contribution is -2.47. The van der Waals surface area contributed by atoms with E-state index in [4.69, 9.17) is 0 Å². The molecule has 1 unspecified atom stereocenters. The second-order valence-electron chi connectivity index (χ2n) is 5.83. The Morgan fingerprint density at radius 3 is 2.17 bits per heavy atom. The number of hydrogen-bond acceptors (Lipinski definition) is 3. The van der Waals surface area contributed by atoms with Gasteiger partial charge < -0.3 is 10.0 Å². The highest BCUT2D eigenvalue weighted by Crippen LogP contribution is 2.20. The van der Waals surface area contributed by atoms with Gasteiger partial charge in [0.15, 0.2) is 0 Å². The van der Waals surface area contributed by atoms with E-state index in [1.807, 2.05) is 36.4 Å². The number of β-amino-alcohol motifs (C(OH)–C–C–N with tert-alkyl or cyclic N) is 1. The lowest BCUT2D eigenvalue weighted by atomic mass is 10.1. The fourth-order valence-corrected chi connectivity index (χ4v) is 3.14. The zero-order valence-corrected chi connectivity index (χ0v) is 14.4. The first-order valence-electron chi connectivity index (χ1n) is 7.78. The normalized spacial score (nSPS) is 17.3. The van der Waals surface area contributed by atoms with Crippen LogP contribution in [0.1, 0.15) is 11.7 Å². The summed E-state index contributed by atoms with van der Waals surface area (Å²) in [6.07, 6.45) is -0.472. The molecule has 0 bridgehead atoms. The van der Waals surface area contributed by atoms with Crippen molar-refractivity contribution in [3.63, 3.8) is 0 Å². The number of piperazine rings is 1. The van der Waals surface area contributed by atoms with Gasteiger partial charge in [-0.3, -0.25) is 4.90 Å². The van der Waals surface area contributed by atoms with Crippen molar-refractivity contribution in [2.75, 3.05) is 37.6 Å². The number of benzene rings is 2. The lowest BCUT2D eigenvalue weighted by molar-refractivity contribution is 0.109.